The van der Waals surface area contributed by atoms with E-state index in [0.717, 1.165) is 5.56 Å². The van der Waals surface area contributed by atoms with Crippen molar-refractivity contribution in [1.29, 1.82) is 0 Å². The Bertz CT molecular complexity index is 1030. The minimum Gasteiger partial charge on any atom is -0.349 e. The van der Waals surface area contributed by atoms with Crippen LogP contribution in [0, 0.1) is 13.8 Å². The van der Waals surface area contributed by atoms with E-state index in [0.29, 0.717) is 35.4 Å². The van der Waals surface area contributed by atoms with E-state index in [4.69, 9.17) is 0 Å². The van der Waals surface area contributed by atoms with Gasteiger partial charge in [-0.1, -0.05) is 29.8 Å². The number of nitrogens with one attached hydrogen (secondary N) is 1. The third-order valence-electron chi connectivity index (χ3n) is 4.79. The molecule has 0 fully saturated rings. The van der Waals surface area contributed by atoms with E-state index in [1.54, 1.807) is 18.8 Å². The number of rotatable bonds is 5. The van der Waals surface area contributed by atoms with Crippen molar-refractivity contribution >= 4 is 16.9 Å². The Hall–Kier alpha value is -2.96. The predicted molar refractivity (Wildman–Crippen MR) is 105 cm³/mol. The molecule has 2 aromatic heterocycles. The van der Waals surface area contributed by atoms with Crippen LogP contribution in [0.1, 0.15) is 42.0 Å². The maximum absolute atomic E-state index is 12.6. The van der Waals surface area contributed by atoms with Gasteiger partial charge in [0.15, 0.2) is 5.65 Å². The standard InChI is InChI=1S/C20H25N5O2/c1-12-6-8-15(9-7-12)14(3)25-19-18(13(2)23-25)20(27)22-16(21-19)10-11-17(26)24(4)5/h6-9,14H,10-11H2,1-5H3,(H,21,22,27). The zero-order chi connectivity index (χ0) is 19.7. The number of aromatic amines is 1. The minimum atomic E-state index is -0.216. The summed E-state index contributed by atoms with van der Waals surface area (Å²) in [5, 5.41) is 5.07. The lowest BCUT2D eigenvalue weighted by Crippen LogP contribution is -2.23. The molecule has 0 aliphatic rings. The van der Waals surface area contributed by atoms with Crippen molar-refractivity contribution in [1.82, 2.24) is 24.6 Å². The Morgan fingerprint density at radius 1 is 1.22 bits per heavy atom. The number of H-pyrrole nitrogens is 1. The van der Waals surface area contributed by atoms with Crippen LogP contribution in [0.25, 0.3) is 11.0 Å². The van der Waals surface area contributed by atoms with Crippen LogP contribution in [0.4, 0.5) is 0 Å². The summed E-state index contributed by atoms with van der Waals surface area (Å²) in [7, 11) is 3.42. The highest BCUT2D eigenvalue weighted by atomic mass is 16.2. The van der Waals surface area contributed by atoms with Crippen LogP contribution in [-0.2, 0) is 11.2 Å². The average molecular weight is 367 g/mol. The molecule has 0 saturated carbocycles. The average Bonchev–Trinajstić information content (AvgIpc) is 2.96. The zero-order valence-corrected chi connectivity index (χ0v) is 16.4. The summed E-state index contributed by atoms with van der Waals surface area (Å²) in [6, 6.07) is 8.18. The van der Waals surface area contributed by atoms with E-state index in [2.05, 4.69) is 39.3 Å². The first-order valence-corrected chi connectivity index (χ1v) is 9.02. The van der Waals surface area contributed by atoms with Gasteiger partial charge in [0, 0.05) is 26.9 Å². The molecule has 1 aromatic carbocycles. The van der Waals surface area contributed by atoms with Gasteiger partial charge in [-0.15, -0.1) is 0 Å². The molecular weight excluding hydrogens is 342 g/mol. The second kappa shape index (κ2) is 7.34. The number of aromatic nitrogens is 4. The van der Waals surface area contributed by atoms with Gasteiger partial charge in [0.05, 0.1) is 11.7 Å². The number of carbonyl (C=O) groups is 1. The largest absolute Gasteiger partial charge is 0.349 e. The van der Waals surface area contributed by atoms with Crippen LogP contribution in [-0.4, -0.2) is 44.7 Å². The maximum Gasteiger partial charge on any atom is 0.262 e. The Morgan fingerprint density at radius 3 is 2.52 bits per heavy atom. The van der Waals surface area contributed by atoms with Crippen molar-refractivity contribution in [3.63, 3.8) is 0 Å². The molecule has 2 heterocycles. The molecule has 3 aromatic rings. The Kier molecular flexibility index (Phi) is 5.12. The van der Waals surface area contributed by atoms with Gasteiger partial charge in [0.1, 0.15) is 11.2 Å². The summed E-state index contributed by atoms with van der Waals surface area (Å²) in [5.74, 6) is 0.496. The first-order valence-electron chi connectivity index (χ1n) is 9.02. The highest BCUT2D eigenvalue weighted by Crippen LogP contribution is 2.23. The summed E-state index contributed by atoms with van der Waals surface area (Å²) in [4.78, 5) is 33.4. The molecule has 0 aliphatic heterocycles. The van der Waals surface area contributed by atoms with Crippen molar-refractivity contribution in [2.45, 2.75) is 39.7 Å². The smallest absolute Gasteiger partial charge is 0.262 e. The molecule has 1 amide bonds. The van der Waals surface area contributed by atoms with Gasteiger partial charge in [-0.05, 0) is 26.3 Å². The number of fused-ring (bicyclic) bond motifs is 1. The van der Waals surface area contributed by atoms with E-state index >= 15 is 0 Å². The lowest BCUT2D eigenvalue weighted by Gasteiger charge is -2.14. The molecule has 142 valence electrons. The van der Waals surface area contributed by atoms with Crippen molar-refractivity contribution in [2.24, 2.45) is 0 Å². The number of carbonyl (C=O) groups excluding carboxylic acids is 1. The van der Waals surface area contributed by atoms with Gasteiger partial charge in [-0.3, -0.25) is 9.59 Å². The van der Waals surface area contributed by atoms with E-state index < -0.39 is 0 Å². The number of amides is 1. The first-order chi connectivity index (χ1) is 12.8. The summed E-state index contributed by atoms with van der Waals surface area (Å²) < 4.78 is 1.79. The summed E-state index contributed by atoms with van der Waals surface area (Å²) in [6.07, 6.45) is 0.674. The van der Waals surface area contributed by atoms with Crippen LogP contribution in [0.3, 0.4) is 0 Å². The van der Waals surface area contributed by atoms with Crippen LogP contribution in [0.2, 0.25) is 0 Å². The lowest BCUT2D eigenvalue weighted by atomic mass is 10.1. The quantitative estimate of drug-likeness (QED) is 0.750. The third-order valence-corrected chi connectivity index (χ3v) is 4.79. The second-order valence-corrected chi connectivity index (χ2v) is 7.12. The Morgan fingerprint density at radius 2 is 1.89 bits per heavy atom. The van der Waals surface area contributed by atoms with Crippen molar-refractivity contribution in [2.75, 3.05) is 14.1 Å². The highest BCUT2D eigenvalue weighted by molar-refractivity contribution is 5.78. The number of benzene rings is 1. The fraction of sp³-hybridized carbons (Fsp3) is 0.400. The van der Waals surface area contributed by atoms with E-state index in [1.807, 2.05) is 20.8 Å². The SMILES string of the molecule is Cc1ccc(C(C)n2nc(C)c3c(=O)[nH]c(CCC(=O)N(C)C)nc32)cc1. The fourth-order valence-electron chi connectivity index (χ4n) is 3.08. The summed E-state index contributed by atoms with van der Waals surface area (Å²) in [6.45, 7) is 5.89. The highest BCUT2D eigenvalue weighted by Gasteiger charge is 2.19. The van der Waals surface area contributed by atoms with Gasteiger partial charge in [0.2, 0.25) is 5.91 Å². The third kappa shape index (κ3) is 3.77. The Balaban J connectivity index is 2.02. The van der Waals surface area contributed by atoms with E-state index in [9.17, 15) is 9.59 Å². The molecule has 3 rings (SSSR count). The molecule has 0 spiro atoms. The Labute approximate surface area is 158 Å². The molecule has 1 atom stereocenters. The van der Waals surface area contributed by atoms with Gasteiger partial charge < -0.3 is 9.88 Å². The minimum absolute atomic E-state index is 0.00421. The molecule has 0 saturated heterocycles. The van der Waals surface area contributed by atoms with Crippen LogP contribution >= 0.6 is 0 Å². The summed E-state index contributed by atoms with van der Waals surface area (Å²) in [5.41, 5.74) is 3.27. The van der Waals surface area contributed by atoms with Crippen molar-refractivity contribution in [3.05, 3.63) is 57.3 Å². The van der Waals surface area contributed by atoms with Gasteiger partial charge >= 0.3 is 0 Å². The summed E-state index contributed by atoms with van der Waals surface area (Å²) >= 11 is 0. The zero-order valence-electron chi connectivity index (χ0n) is 16.4. The molecule has 7 heteroatoms. The normalized spacial score (nSPS) is 12.3. The monoisotopic (exact) mass is 367 g/mol. The van der Waals surface area contributed by atoms with Gasteiger partial charge in [0.25, 0.3) is 5.56 Å². The maximum atomic E-state index is 12.6. The number of hydrogen-bond donors (Lipinski definition) is 1. The van der Waals surface area contributed by atoms with Crippen LogP contribution < -0.4 is 5.56 Å². The molecule has 27 heavy (non-hydrogen) atoms. The topological polar surface area (TPSA) is 83.9 Å². The number of nitrogens with zero attached hydrogens (tertiary/aromatic N) is 4. The van der Waals surface area contributed by atoms with Crippen molar-refractivity contribution in [3.8, 4) is 0 Å². The first kappa shape index (κ1) is 18.8. The molecule has 0 radical (unpaired) electrons. The number of hydrogen-bond acceptors (Lipinski definition) is 4. The molecule has 7 nitrogen and oxygen atoms in total. The molecule has 0 aliphatic carbocycles. The second-order valence-electron chi connectivity index (χ2n) is 7.12. The van der Waals surface area contributed by atoms with Crippen LogP contribution in [0.5, 0.6) is 0 Å². The van der Waals surface area contributed by atoms with Crippen molar-refractivity contribution < 1.29 is 4.79 Å². The number of aryl methyl sites for hydroxylation is 3. The molecule has 1 N–H and O–H groups in total. The van der Waals surface area contributed by atoms with E-state index in [1.165, 1.54) is 10.5 Å². The van der Waals surface area contributed by atoms with E-state index in [-0.39, 0.29) is 17.5 Å². The van der Waals surface area contributed by atoms with Gasteiger partial charge in [-0.2, -0.15) is 5.10 Å². The molecule has 0 bridgehead atoms. The predicted octanol–water partition coefficient (Wildman–Crippen LogP) is 2.37. The molecule has 1 unspecified atom stereocenters. The lowest BCUT2D eigenvalue weighted by molar-refractivity contribution is -0.128. The fourth-order valence-corrected chi connectivity index (χ4v) is 3.08. The molecular formula is C20H25N5O2. The van der Waals surface area contributed by atoms with Gasteiger partial charge in [-0.25, -0.2) is 9.67 Å². The van der Waals surface area contributed by atoms with Crippen LogP contribution in [0.15, 0.2) is 29.1 Å².